The van der Waals surface area contributed by atoms with E-state index in [-0.39, 0.29) is 11.1 Å². The summed E-state index contributed by atoms with van der Waals surface area (Å²) in [6.07, 6.45) is 1.73. The summed E-state index contributed by atoms with van der Waals surface area (Å²) >= 11 is 1.15. The molecule has 2 N–H and O–H groups in total. The number of carbonyl (C=O) groups excluding carboxylic acids is 1. The van der Waals surface area contributed by atoms with Gasteiger partial charge >= 0.3 is 0 Å². The van der Waals surface area contributed by atoms with E-state index in [0.717, 1.165) is 23.1 Å². The zero-order valence-corrected chi connectivity index (χ0v) is 17.0. The number of benzene rings is 2. The van der Waals surface area contributed by atoms with Gasteiger partial charge in [-0.25, -0.2) is 0 Å². The number of ether oxygens (including phenoxy) is 4. The second-order valence-corrected chi connectivity index (χ2v) is 6.94. The van der Waals surface area contributed by atoms with Crippen LogP contribution in [0, 0.1) is 0 Å². The standard InChI is InChI=1S/C21H22N2O5S/c1-3-26-18-11-14(12-19-20(24)23-21(22)29-19)7-8-17(18)28-10-9-27-16-6-4-5-15(13-16)25-2/h4-8,11-13H,3,9-10H2,1-2H3,(H2,22,23,24)/b19-12-. The number of hydrogen-bond donors (Lipinski definition) is 1. The average Bonchev–Trinajstić information content (AvgIpc) is 3.03. The number of thioether (sulfide) groups is 1. The normalized spacial score (nSPS) is 14.6. The third-order valence-electron chi connectivity index (χ3n) is 3.85. The van der Waals surface area contributed by atoms with Gasteiger partial charge in [-0.05, 0) is 54.6 Å². The van der Waals surface area contributed by atoms with E-state index in [0.29, 0.717) is 42.0 Å². The van der Waals surface area contributed by atoms with Crippen LogP contribution in [-0.2, 0) is 4.79 Å². The zero-order chi connectivity index (χ0) is 20.6. The minimum absolute atomic E-state index is 0.252. The predicted molar refractivity (Wildman–Crippen MR) is 114 cm³/mol. The Morgan fingerprint density at radius 1 is 1.03 bits per heavy atom. The lowest BCUT2D eigenvalue weighted by Crippen LogP contribution is -2.10. The van der Waals surface area contributed by atoms with Crippen molar-refractivity contribution in [3.05, 3.63) is 52.9 Å². The van der Waals surface area contributed by atoms with Gasteiger partial charge in [0.05, 0.1) is 18.6 Å². The van der Waals surface area contributed by atoms with Gasteiger partial charge in [0.2, 0.25) is 0 Å². The Hall–Kier alpha value is -3.13. The second kappa shape index (κ2) is 9.88. The fourth-order valence-corrected chi connectivity index (χ4v) is 3.26. The van der Waals surface area contributed by atoms with Crippen molar-refractivity contribution in [1.29, 1.82) is 0 Å². The van der Waals surface area contributed by atoms with E-state index in [2.05, 4.69) is 4.99 Å². The SMILES string of the molecule is CCOc1cc(/C=C2\SC(N)=NC2=O)ccc1OCCOc1cccc(OC)c1. The van der Waals surface area contributed by atoms with Crippen LogP contribution in [0.2, 0.25) is 0 Å². The summed E-state index contributed by atoms with van der Waals surface area (Å²) in [7, 11) is 1.61. The first kappa shape index (κ1) is 20.6. The molecule has 7 nitrogen and oxygen atoms in total. The summed E-state index contributed by atoms with van der Waals surface area (Å²) in [6.45, 7) is 3.09. The lowest BCUT2D eigenvalue weighted by molar-refractivity contribution is -0.113. The van der Waals surface area contributed by atoms with Gasteiger partial charge in [-0.1, -0.05) is 12.1 Å². The van der Waals surface area contributed by atoms with Crippen molar-refractivity contribution in [3.63, 3.8) is 0 Å². The molecule has 0 saturated carbocycles. The molecule has 0 spiro atoms. The van der Waals surface area contributed by atoms with Gasteiger partial charge in [0.1, 0.15) is 24.7 Å². The van der Waals surface area contributed by atoms with Crippen LogP contribution in [0.3, 0.4) is 0 Å². The maximum absolute atomic E-state index is 11.8. The first-order valence-electron chi connectivity index (χ1n) is 9.03. The monoisotopic (exact) mass is 414 g/mol. The molecule has 152 valence electrons. The van der Waals surface area contributed by atoms with Crippen molar-refractivity contribution in [2.45, 2.75) is 6.92 Å². The molecule has 0 fully saturated rings. The van der Waals surface area contributed by atoms with Gasteiger partial charge in [0.15, 0.2) is 16.7 Å². The lowest BCUT2D eigenvalue weighted by Gasteiger charge is -2.13. The van der Waals surface area contributed by atoms with Gasteiger partial charge in [-0.2, -0.15) is 4.99 Å². The van der Waals surface area contributed by atoms with Crippen LogP contribution < -0.4 is 24.7 Å². The largest absolute Gasteiger partial charge is 0.497 e. The van der Waals surface area contributed by atoms with Crippen LogP contribution in [0.5, 0.6) is 23.0 Å². The summed E-state index contributed by atoms with van der Waals surface area (Å²) in [5.74, 6) is 2.30. The smallest absolute Gasteiger partial charge is 0.286 e. The van der Waals surface area contributed by atoms with Crippen molar-refractivity contribution >= 4 is 28.9 Å². The zero-order valence-electron chi connectivity index (χ0n) is 16.2. The molecule has 0 atom stereocenters. The number of hydrogen-bond acceptors (Lipinski definition) is 7. The van der Waals surface area contributed by atoms with Crippen LogP contribution in [0.1, 0.15) is 12.5 Å². The second-order valence-electron chi connectivity index (χ2n) is 5.88. The highest BCUT2D eigenvalue weighted by atomic mass is 32.2. The van der Waals surface area contributed by atoms with Crippen LogP contribution >= 0.6 is 11.8 Å². The van der Waals surface area contributed by atoms with Crippen LogP contribution in [0.25, 0.3) is 6.08 Å². The van der Waals surface area contributed by atoms with Crippen molar-refractivity contribution in [1.82, 2.24) is 0 Å². The number of aliphatic imine (C=N–C) groups is 1. The molecule has 29 heavy (non-hydrogen) atoms. The molecule has 0 bridgehead atoms. The Balaban J connectivity index is 1.61. The fraction of sp³-hybridized carbons (Fsp3) is 0.238. The number of carbonyl (C=O) groups is 1. The Labute approximate surface area is 173 Å². The van der Waals surface area contributed by atoms with Crippen molar-refractivity contribution in [3.8, 4) is 23.0 Å². The third-order valence-corrected chi connectivity index (χ3v) is 4.67. The van der Waals surface area contributed by atoms with Crippen molar-refractivity contribution < 1.29 is 23.7 Å². The number of rotatable bonds is 9. The van der Waals surface area contributed by atoms with Crippen LogP contribution in [-0.4, -0.2) is 38.0 Å². The Bertz CT molecular complexity index is 942. The molecule has 0 unspecified atom stereocenters. The molecule has 0 radical (unpaired) electrons. The lowest BCUT2D eigenvalue weighted by atomic mass is 10.2. The summed E-state index contributed by atoms with van der Waals surface area (Å²) in [5.41, 5.74) is 6.39. The molecule has 2 aromatic carbocycles. The molecule has 0 aromatic heterocycles. The molecule has 1 amide bonds. The van der Waals surface area contributed by atoms with E-state index in [1.807, 2.05) is 43.3 Å². The van der Waals surface area contributed by atoms with Crippen LogP contribution in [0.15, 0.2) is 52.4 Å². The number of amides is 1. The number of nitrogens with two attached hydrogens (primary N) is 1. The maximum atomic E-state index is 11.8. The van der Waals surface area contributed by atoms with Crippen LogP contribution in [0.4, 0.5) is 0 Å². The number of methoxy groups -OCH3 is 1. The Kier molecular flexibility index (Phi) is 7.02. The van der Waals surface area contributed by atoms with Gasteiger partial charge < -0.3 is 24.7 Å². The van der Waals surface area contributed by atoms with E-state index >= 15 is 0 Å². The van der Waals surface area contributed by atoms with E-state index in [1.165, 1.54) is 0 Å². The summed E-state index contributed by atoms with van der Waals surface area (Å²) in [4.78, 5) is 15.9. The van der Waals surface area contributed by atoms with Gasteiger partial charge in [0.25, 0.3) is 5.91 Å². The molecule has 0 saturated heterocycles. The molecule has 0 aliphatic carbocycles. The number of amidine groups is 1. The highest BCUT2D eigenvalue weighted by Crippen LogP contribution is 2.32. The quantitative estimate of drug-likeness (QED) is 0.496. The topological polar surface area (TPSA) is 92.4 Å². The molecule has 1 heterocycles. The maximum Gasteiger partial charge on any atom is 0.286 e. The highest BCUT2D eigenvalue weighted by molar-refractivity contribution is 8.18. The Morgan fingerprint density at radius 3 is 2.55 bits per heavy atom. The average molecular weight is 414 g/mol. The molecular weight excluding hydrogens is 392 g/mol. The Morgan fingerprint density at radius 2 is 1.83 bits per heavy atom. The minimum Gasteiger partial charge on any atom is -0.497 e. The molecule has 1 aliphatic rings. The van der Waals surface area contributed by atoms with Gasteiger partial charge in [-0.15, -0.1) is 0 Å². The predicted octanol–water partition coefficient (Wildman–Crippen LogP) is 3.48. The molecule has 8 heteroatoms. The fourth-order valence-electron chi connectivity index (χ4n) is 2.58. The summed E-state index contributed by atoms with van der Waals surface area (Å²) < 4.78 is 22.4. The van der Waals surface area contributed by atoms with Crippen molar-refractivity contribution in [2.75, 3.05) is 26.9 Å². The molecule has 3 rings (SSSR count). The first-order valence-corrected chi connectivity index (χ1v) is 9.85. The minimum atomic E-state index is -0.333. The number of nitrogens with zero attached hydrogens (tertiary/aromatic N) is 1. The van der Waals surface area contributed by atoms with Crippen molar-refractivity contribution in [2.24, 2.45) is 10.7 Å². The molecule has 2 aromatic rings. The van der Waals surface area contributed by atoms with Gasteiger partial charge in [0, 0.05) is 6.07 Å². The molecular formula is C21H22N2O5S. The summed E-state index contributed by atoms with van der Waals surface area (Å²) in [5, 5.41) is 0.252. The van der Waals surface area contributed by atoms with E-state index < -0.39 is 0 Å². The molecule has 1 aliphatic heterocycles. The first-order chi connectivity index (χ1) is 14.1. The summed E-state index contributed by atoms with van der Waals surface area (Å²) in [6, 6.07) is 12.8. The third kappa shape index (κ3) is 5.68. The van der Waals surface area contributed by atoms with E-state index in [1.54, 1.807) is 19.3 Å². The van der Waals surface area contributed by atoms with E-state index in [4.69, 9.17) is 24.7 Å². The van der Waals surface area contributed by atoms with E-state index in [9.17, 15) is 4.79 Å². The highest BCUT2D eigenvalue weighted by Gasteiger charge is 2.19. The van der Waals surface area contributed by atoms with Gasteiger partial charge in [-0.3, -0.25) is 4.79 Å².